The maximum atomic E-state index is 11.7. The zero-order chi connectivity index (χ0) is 16.8. The van der Waals surface area contributed by atoms with Gasteiger partial charge < -0.3 is 20.1 Å². The smallest absolute Gasteiger partial charge is 0.244 e. The molecule has 1 saturated carbocycles. The van der Waals surface area contributed by atoms with Crippen molar-refractivity contribution in [2.24, 2.45) is 0 Å². The van der Waals surface area contributed by atoms with Crippen molar-refractivity contribution in [2.75, 3.05) is 20.8 Å². The standard InChI is InChI=1S/C16H19ClN2O4/c1-22-13-8-10(7-12(17)16(13)23-2)3-6-14(20)18-9-15(21)19-11-4-5-11/h3,6-8,11H,4-5,9H2,1-2H3,(H,18,20)(H,19,21)/b6-3+. The molecule has 7 heteroatoms. The highest BCUT2D eigenvalue weighted by Gasteiger charge is 2.22. The highest BCUT2D eigenvalue weighted by molar-refractivity contribution is 6.32. The molecule has 0 spiro atoms. The van der Waals surface area contributed by atoms with E-state index in [2.05, 4.69) is 10.6 Å². The molecule has 0 aromatic heterocycles. The van der Waals surface area contributed by atoms with E-state index in [1.54, 1.807) is 18.2 Å². The first-order valence-electron chi connectivity index (χ1n) is 7.20. The Bertz CT molecular complexity index is 627. The van der Waals surface area contributed by atoms with Crippen molar-refractivity contribution in [3.05, 3.63) is 28.8 Å². The third kappa shape index (κ3) is 5.17. The van der Waals surface area contributed by atoms with Crippen LogP contribution in [0.1, 0.15) is 18.4 Å². The summed E-state index contributed by atoms with van der Waals surface area (Å²) in [7, 11) is 3.01. The molecule has 23 heavy (non-hydrogen) atoms. The molecule has 0 aliphatic heterocycles. The van der Waals surface area contributed by atoms with Gasteiger partial charge in [-0.05, 0) is 36.6 Å². The topological polar surface area (TPSA) is 76.7 Å². The van der Waals surface area contributed by atoms with Gasteiger partial charge in [-0.2, -0.15) is 0 Å². The van der Waals surface area contributed by atoms with Crippen molar-refractivity contribution in [1.82, 2.24) is 10.6 Å². The quantitative estimate of drug-likeness (QED) is 0.743. The van der Waals surface area contributed by atoms with Crippen molar-refractivity contribution < 1.29 is 19.1 Å². The summed E-state index contributed by atoms with van der Waals surface area (Å²) in [4.78, 5) is 23.2. The van der Waals surface area contributed by atoms with Gasteiger partial charge in [-0.1, -0.05) is 11.6 Å². The van der Waals surface area contributed by atoms with Crippen LogP contribution in [0.2, 0.25) is 5.02 Å². The fraction of sp³-hybridized carbons (Fsp3) is 0.375. The number of nitrogens with one attached hydrogen (secondary N) is 2. The van der Waals surface area contributed by atoms with Crippen LogP contribution in [0.4, 0.5) is 0 Å². The molecule has 0 heterocycles. The summed E-state index contributed by atoms with van der Waals surface area (Å²) in [5.41, 5.74) is 0.685. The largest absolute Gasteiger partial charge is 0.493 e. The Morgan fingerprint density at radius 2 is 2.04 bits per heavy atom. The van der Waals surface area contributed by atoms with Crippen molar-refractivity contribution in [2.45, 2.75) is 18.9 Å². The first kappa shape index (κ1) is 17.1. The van der Waals surface area contributed by atoms with Crippen LogP contribution in [0.5, 0.6) is 11.5 Å². The fourth-order valence-electron chi connectivity index (χ4n) is 1.94. The van der Waals surface area contributed by atoms with Crippen LogP contribution in [0, 0.1) is 0 Å². The lowest BCUT2D eigenvalue weighted by Gasteiger charge is -2.10. The second kappa shape index (κ2) is 7.87. The van der Waals surface area contributed by atoms with E-state index in [0.717, 1.165) is 12.8 Å². The lowest BCUT2D eigenvalue weighted by Crippen LogP contribution is -2.37. The summed E-state index contributed by atoms with van der Waals surface area (Å²) < 4.78 is 10.3. The molecule has 0 atom stereocenters. The van der Waals surface area contributed by atoms with Crippen LogP contribution < -0.4 is 20.1 Å². The van der Waals surface area contributed by atoms with Gasteiger partial charge >= 0.3 is 0 Å². The first-order valence-corrected chi connectivity index (χ1v) is 7.58. The zero-order valence-electron chi connectivity index (χ0n) is 13.0. The molecule has 0 saturated heterocycles. The van der Waals surface area contributed by atoms with E-state index in [0.29, 0.717) is 22.1 Å². The highest BCUT2D eigenvalue weighted by Crippen LogP contribution is 2.36. The number of rotatable bonds is 7. The Morgan fingerprint density at radius 3 is 2.65 bits per heavy atom. The summed E-state index contributed by atoms with van der Waals surface area (Å²) in [6.45, 7) is -0.0354. The molecular formula is C16H19ClN2O4. The second-order valence-corrected chi connectivity index (χ2v) is 5.54. The summed E-state index contributed by atoms with van der Waals surface area (Å²) in [5.74, 6) is 0.377. The van der Waals surface area contributed by atoms with E-state index >= 15 is 0 Å². The number of hydrogen-bond donors (Lipinski definition) is 2. The van der Waals surface area contributed by atoms with Gasteiger partial charge in [0.05, 0.1) is 25.8 Å². The van der Waals surface area contributed by atoms with Crippen molar-refractivity contribution in [3.8, 4) is 11.5 Å². The van der Waals surface area contributed by atoms with E-state index in [1.165, 1.54) is 20.3 Å². The summed E-state index contributed by atoms with van der Waals surface area (Å²) in [6.07, 6.45) is 4.95. The number of benzene rings is 1. The van der Waals surface area contributed by atoms with Crippen LogP contribution in [-0.2, 0) is 9.59 Å². The van der Waals surface area contributed by atoms with E-state index in [-0.39, 0.29) is 24.4 Å². The molecule has 0 radical (unpaired) electrons. The van der Waals surface area contributed by atoms with E-state index in [9.17, 15) is 9.59 Å². The Balaban J connectivity index is 1.92. The average molecular weight is 339 g/mol. The molecular weight excluding hydrogens is 320 g/mol. The van der Waals surface area contributed by atoms with Gasteiger partial charge in [0, 0.05) is 12.1 Å². The predicted octanol–water partition coefficient (Wildman–Crippen LogP) is 1.77. The number of carbonyl (C=O) groups excluding carboxylic acids is 2. The van der Waals surface area contributed by atoms with Gasteiger partial charge in [-0.25, -0.2) is 0 Å². The number of hydrogen-bond acceptors (Lipinski definition) is 4. The number of ether oxygens (including phenoxy) is 2. The molecule has 6 nitrogen and oxygen atoms in total. The minimum absolute atomic E-state index is 0.0354. The highest BCUT2D eigenvalue weighted by atomic mass is 35.5. The zero-order valence-corrected chi connectivity index (χ0v) is 13.8. The summed E-state index contributed by atoms with van der Waals surface area (Å²) >= 11 is 6.09. The lowest BCUT2D eigenvalue weighted by atomic mass is 10.2. The van der Waals surface area contributed by atoms with Gasteiger partial charge in [0.1, 0.15) is 0 Å². The summed E-state index contributed by atoms with van der Waals surface area (Å²) in [5, 5.41) is 5.70. The molecule has 2 rings (SSSR count). The van der Waals surface area contributed by atoms with Crippen molar-refractivity contribution in [3.63, 3.8) is 0 Å². The molecule has 0 bridgehead atoms. The van der Waals surface area contributed by atoms with Gasteiger partial charge in [-0.15, -0.1) is 0 Å². The molecule has 1 fully saturated rings. The number of methoxy groups -OCH3 is 2. The maximum Gasteiger partial charge on any atom is 0.244 e. The molecule has 1 aromatic carbocycles. The molecule has 1 aliphatic rings. The Hall–Kier alpha value is -2.21. The fourth-order valence-corrected chi connectivity index (χ4v) is 2.23. The first-order chi connectivity index (χ1) is 11.0. The third-order valence-corrected chi connectivity index (χ3v) is 3.53. The van der Waals surface area contributed by atoms with Crippen LogP contribution in [0.3, 0.4) is 0 Å². The Morgan fingerprint density at radius 1 is 1.30 bits per heavy atom. The number of halogens is 1. The molecule has 2 amide bonds. The van der Waals surface area contributed by atoms with Crippen LogP contribution in [-0.4, -0.2) is 38.6 Å². The van der Waals surface area contributed by atoms with Crippen molar-refractivity contribution >= 4 is 29.5 Å². The monoisotopic (exact) mass is 338 g/mol. The van der Waals surface area contributed by atoms with Gasteiger partial charge in [0.15, 0.2) is 11.5 Å². The molecule has 2 N–H and O–H groups in total. The molecule has 124 valence electrons. The molecule has 0 unspecified atom stereocenters. The minimum Gasteiger partial charge on any atom is -0.493 e. The average Bonchev–Trinajstić information content (AvgIpc) is 3.34. The Kier molecular flexibility index (Phi) is 5.87. The van der Waals surface area contributed by atoms with E-state index in [4.69, 9.17) is 21.1 Å². The molecule has 1 aromatic rings. The van der Waals surface area contributed by atoms with E-state index < -0.39 is 0 Å². The lowest BCUT2D eigenvalue weighted by molar-refractivity contribution is -0.124. The normalized spacial score (nSPS) is 13.7. The Labute approximate surface area is 139 Å². The number of carbonyl (C=O) groups is 2. The summed E-state index contributed by atoms with van der Waals surface area (Å²) in [6, 6.07) is 3.64. The van der Waals surface area contributed by atoms with Crippen molar-refractivity contribution in [1.29, 1.82) is 0 Å². The van der Waals surface area contributed by atoms with Crippen LogP contribution >= 0.6 is 11.6 Å². The van der Waals surface area contributed by atoms with Gasteiger partial charge in [-0.3, -0.25) is 9.59 Å². The predicted molar refractivity (Wildman–Crippen MR) is 87.8 cm³/mol. The van der Waals surface area contributed by atoms with Gasteiger partial charge in [0.25, 0.3) is 0 Å². The molecule has 1 aliphatic carbocycles. The van der Waals surface area contributed by atoms with Gasteiger partial charge in [0.2, 0.25) is 11.8 Å². The maximum absolute atomic E-state index is 11.7. The number of amides is 2. The minimum atomic E-state index is -0.359. The third-order valence-electron chi connectivity index (χ3n) is 3.25. The van der Waals surface area contributed by atoms with Crippen LogP contribution in [0.15, 0.2) is 18.2 Å². The van der Waals surface area contributed by atoms with Crippen LogP contribution in [0.25, 0.3) is 6.08 Å². The second-order valence-electron chi connectivity index (χ2n) is 5.13. The SMILES string of the molecule is COc1cc(/C=C/C(=O)NCC(=O)NC2CC2)cc(Cl)c1OC. The van der Waals surface area contributed by atoms with E-state index in [1.807, 2.05) is 0 Å².